The lowest BCUT2D eigenvalue weighted by Crippen LogP contribution is -2.42. The molecule has 0 aliphatic carbocycles. The molecule has 0 amide bonds. The summed E-state index contributed by atoms with van der Waals surface area (Å²) in [6.07, 6.45) is 5.80. The average Bonchev–Trinajstić information content (AvgIpc) is 2.41. The van der Waals surface area contributed by atoms with E-state index in [1.807, 2.05) is 18.2 Å². The van der Waals surface area contributed by atoms with Gasteiger partial charge in [0, 0.05) is 12.6 Å². The molecule has 0 radical (unpaired) electrons. The Balaban J connectivity index is 1.84. The van der Waals surface area contributed by atoms with Crippen LogP contribution in [-0.4, -0.2) is 35.1 Å². The summed E-state index contributed by atoms with van der Waals surface area (Å²) in [6, 6.07) is 10.6. The predicted octanol–water partition coefficient (Wildman–Crippen LogP) is 2.88. The molecular formula is C16H21NO2. The number of carboxylic acid groups (broad SMARTS) is 1. The van der Waals surface area contributed by atoms with E-state index in [4.69, 9.17) is 5.11 Å². The summed E-state index contributed by atoms with van der Waals surface area (Å²) < 4.78 is 0. The van der Waals surface area contributed by atoms with Gasteiger partial charge in [-0.05, 0) is 31.9 Å². The van der Waals surface area contributed by atoms with E-state index in [2.05, 4.69) is 36.1 Å². The van der Waals surface area contributed by atoms with Crippen molar-refractivity contribution in [1.82, 2.24) is 4.90 Å². The minimum absolute atomic E-state index is 0.163. The van der Waals surface area contributed by atoms with Gasteiger partial charge in [0.15, 0.2) is 0 Å². The molecule has 1 aromatic carbocycles. The number of piperidine rings is 1. The highest BCUT2D eigenvalue weighted by molar-refractivity contribution is 5.70. The molecule has 1 fully saturated rings. The van der Waals surface area contributed by atoms with Gasteiger partial charge in [0.05, 0.1) is 5.92 Å². The molecule has 3 nitrogen and oxygen atoms in total. The van der Waals surface area contributed by atoms with Crippen LogP contribution in [0.3, 0.4) is 0 Å². The lowest BCUT2D eigenvalue weighted by atomic mass is 9.92. The Hall–Kier alpha value is -1.61. The van der Waals surface area contributed by atoms with E-state index in [0.717, 1.165) is 25.9 Å². The molecule has 2 rings (SSSR count). The second kappa shape index (κ2) is 6.53. The van der Waals surface area contributed by atoms with Gasteiger partial charge in [0.2, 0.25) is 0 Å². The van der Waals surface area contributed by atoms with Crippen LogP contribution in [-0.2, 0) is 4.79 Å². The highest BCUT2D eigenvalue weighted by Gasteiger charge is 2.28. The van der Waals surface area contributed by atoms with Gasteiger partial charge in [-0.25, -0.2) is 0 Å². The topological polar surface area (TPSA) is 40.5 Å². The Morgan fingerprint density at radius 3 is 2.79 bits per heavy atom. The standard InChI is InChI=1S/C16H21NO2/c1-13-12-15(16(18)19)9-11-17(13)10-5-8-14-6-3-2-4-7-14/h2-8,13,15H,9-12H2,1H3,(H,18,19)/b8-5+. The second-order valence-corrected chi connectivity index (χ2v) is 5.22. The SMILES string of the molecule is CC1CC(C(=O)O)CCN1C/C=C/c1ccccc1. The zero-order valence-corrected chi connectivity index (χ0v) is 11.3. The summed E-state index contributed by atoms with van der Waals surface area (Å²) in [5, 5.41) is 9.03. The van der Waals surface area contributed by atoms with Crippen LogP contribution in [0.5, 0.6) is 0 Å². The quantitative estimate of drug-likeness (QED) is 0.904. The first-order chi connectivity index (χ1) is 9.16. The lowest BCUT2D eigenvalue weighted by Gasteiger charge is -2.35. The summed E-state index contributed by atoms with van der Waals surface area (Å²) >= 11 is 0. The maximum absolute atomic E-state index is 11.0. The first kappa shape index (κ1) is 13.8. The van der Waals surface area contributed by atoms with E-state index in [-0.39, 0.29) is 5.92 Å². The Labute approximate surface area is 114 Å². The fraction of sp³-hybridized carbons (Fsp3) is 0.438. The molecule has 0 spiro atoms. The number of hydrogen-bond donors (Lipinski definition) is 1. The summed E-state index contributed by atoms with van der Waals surface area (Å²) in [5.74, 6) is -0.810. The van der Waals surface area contributed by atoms with Crippen molar-refractivity contribution in [2.24, 2.45) is 5.92 Å². The van der Waals surface area contributed by atoms with Crippen molar-refractivity contribution in [2.45, 2.75) is 25.8 Å². The smallest absolute Gasteiger partial charge is 0.306 e. The van der Waals surface area contributed by atoms with Gasteiger partial charge >= 0.3 is 5.97 Å². The number of carbonyl (C=O) groups is 1. The summed E-state index contributed by atoms with van der Waals surface area (Å²) in [5.41, 5.74) is 1.20. The third kappa shape index (κ3) is 3.93. The third-order valence-electron chi connectivity index (χ3n) is 3.81. The molecule has 2 unspecified atom stereocenters. The normalized spacial score (nSPS) is 24.7. The van der Waals surface area contributed by atoms with Gasteiger partial charge in [-0.2, -0.15) is 0 Å². The fourth-order valence-corrected chi connectivity index (χ4v) is 2.60. The molecule has 1 aliphatic rings. The van der Waals surface area contributed by atoms with Crippen LogP contribution in [0.2, 0.25) is 0 Å². The fourth-order valence-electron chi connectivity index (χ4n) is 2.60. The zero-order chi connectivity index (χ0) is 13.7. The maximum atomic E-state index is 11.0. The van der Waals surface area contributed by atoms with Crippen LogP contribution in [0.1, 0.15) is 25.3 Å². The first-order valence-electron chi connectivity index (χ1n) is 6.85. The Kier molecular flexibility index (Phi) is 4.74. The largest absolute Gasteiger partial charge is 0.481 e. The molecule has 1 heterocycles. The number of nitrogens with zero attached hydrogens (tertiary/aromatic N) is 1. The zero-order valence-electron chi connectivity index (χ0n) is 11.3. The Morgan fingerprint density at radius 1 is 1.42 bits per heavy atom. The van der Waals surface area contributed by atoms with Crippen LogP contribution in [0.4, 0.5) is 0 Å². The van der Waals surface area contributed by atoms with Crippen molar-refractivity contribution in [3.8, 4) is 0 Å². The van der Waals surface area contributed by atoms with Crippen molar-refractivity contribution in [3.05, 3.63) is 42.0 Å². The highest BCUT2D eigenvalue weighted by Crippen LogP contribution is 2.22. The van der Waals surface area contributed by atoms with Crippen molar-refractivity contribution in [2.75, 3.05) is 13.1 Å². The molecule has 0 saturated carbocycles. The number of aliphatic carboxylic acids is 1. The van der Waals surface area contributed by atoms with Crippen LogP contribution < -0.4 is 0 Å². The van der Waals surface area contributed by atoms with E-state index in [9.17, 15) is 4.79 Å². The minimum Gasteiger partial charge on any atom is -0.481 e. The number of carboxylic acids is 1. The minimum atomic E-state index is -0.647. The maximum Gasteiger partial charge on any atom is 0.306 e. The molecule has 2 atom stereocenters. The first-order valence-corrected chi connectivity index (χ1v) is 6.85. The van der Waals surface area contributed by atoms with Gasteiger partial charge in [-0.15, -0.1) is 0 Å². The molecule has 3 heteroatoms. The van der Waals surface area contributed by atoms with Crippen molar-refractivity contribution in [3.63, 3.8) is 0 Å². The van der Waals surface area contributed by atoms with Gasteiger partial charge in [-0.1, -0.05) is 42.5 Å². The number of benzene rings is 1. The van der Waals surface area contributed by atoms with Crippen LogP contribution in [0, 0.1) is 5.92 Å². The average molecular weight is 259 g/mol. The van der Waals surface area contributed by atoms with E-state index in [0.29, 0.717) is 6.04 Å². The van der Waals surface area contributed by atoms with Gasteiger partial charge in [-0.3, -0.25) is 9.69 Å². The van der Waals surface area contributed by atoms with E-state index in [1.165, 1.54) is 5.56 Å². The van der Waals surface area contributed by atoms with Crippen LogP contribution in [0.15, 0.2) is 36.4 Å². The van der Waals surface area contributed by atoms with Crippen molar-refractivity contribution in [1.29, 1.82) is 0 Å². The van der Waals surface area contributed by atoms with E-state index in [1.54, 1.807) is 0 Å². The van der Waals surface area contributed by atoms with Crippen LogP contribution in [0.25, 0.3) is 6.08 Å². The monoisotopic (exact) mass is 259 g/mol. The summed E-state index contributed by atoms with van der Waals surface area (Å²) in [7, 11) is 0. The predicted molar refractivity (Wildman–Crippen MR) is 76.9 cm³/mol. The molecule has 1 aromatic rings. The molecule has 0 bridgehead atoms. The number of rotatable bonds is 4. The second-order valence-electron chi connectivity index (χ2n) is 5.22. The molecular weight excluding hydrogens is 238 g/mol. The van der Waals surface area contributed by atoms with Gasteiger partial charge in [0.25, 0.3) is 0 Å². The van der Waals surface area contributed by atoms with Gasteiger partial charge in [0.1, 0.15) is 0 Å². The molecule has 102 valence electrons. The third-order valence-corrected chi connectivity index (χ3v) is 3.81. The van der Waals surface area contributed by atoms with Crippen LogP contribution >= 0.6 is 0 Å². The van der Waals surface area contributed by atoms with Gasteiger partial charge < -0.3 is 5.11 Å². The molecule has 1 N–H and O–H groups in total. The number of likely N-dealkylation sites (tertiary alicyclic amines) is 1. The summed E-state index contributed by atoms with van der Waals surface area (Å²) in [6.45, 7) is 3.88. The van der Waals surface area contributed by atoms with E-state index >= 15 is 0 Å². The molecule has 1 aliphatic heterocycles. The Bertz CT molecular complexity index is 441. The highest BCUT2D eigenvalue weighted by atomic mass is 16.4. The number of hydrogen-bond acceptors (Lipinski definition) is 2. The van der Waals surface area contributed by atoms with Crippen molar-refractivity contribution < 1.29 is 9.90 Å². The molecule has 19 heavy (non-hydrogen) atoms. The lowest BCUT2D eigenvalue weighted by molar-refractivity contribution is -0.143. The molecule has 1 saturated heterocycles. The van der Waals surface area contributed by atoms with E-state index < -0.39 is 5.97 Å². The summed E-state index contributed by atoms with van der Waals surface area (Å²) in [4.78, 5) is 13.3. The van der Waals surface area contributed by atoms with Crippen molar-refractivity contribution >= 4 is 12.0 Å². The molecule has 0 aromatic heterocycles. The Morgan fingerprint density at radius 2 is 2.16 bits per heavy atom.